The standard InChI is InChI=1S/C14H24F2N2O/c1-3-18(2)13(6-4-5-7-13)10-17-12(19)8-11-9-14(11,15)16/h11H,3-10H2,1-2H3,(H,17,19)/t11-/m1/s1. The first kappa shape index (κ1) is 14.7. The van der Waals surface area contributed by atoms with Gasteiger partial charge in [0.25, 0.3) is 5.92 Å². The Labute approximate surface area is 113 Å². The average molecular weight is 274 g/mol. The van der Waals surface area contributed by atoms with Gasteiger partial charge in [0.15, 0.2) is 0 Å². The highest BCUT2D eigenvalue weighted by Gasteiger charge is 2.57. The fourth-order valence-corrected chi connectivity index (χ4v) is 3.11. The molecule has 0 aromatic heterocycles. The van der Waals surface area contributed by atoms with Crippen molar-refractivity contribution >= 4 is 5.91 Å². The highest BCUT2D eigenvalue weighted by molar-refractivity contribution is 5.76. The fourth-order valence-electron chi connectivity index (χ4n) is 3.11. The molecule has 0 heterocycles. The Morgan fingerprint density at radius 1 is 1.37 bits per heavy atom. The van der Waals surface area contributed by atoms with E-state index in [1.807, 2.05) is 0 Å². The van der Waals surface area contributed by atoms with Gasteiger partial charge in [-0.1, -0.05) is 19.8 Å². The minimum absolute atomic E-state index is 0.0288. The molecule has 1 amide bonds. The summed E-state index contributed by atoms with van der Waals surface area (Å²) < 4.78 is 25.5. The van der Waals surface area contributed by atoms with Gasteiger partial charge < -0.3 is 5.32 Å². The van der Waals surface area contributed by atoms with Crippen LogP contribution in [0.4, 0.5) is 8.78 Å². The summed E-state index contributed by atoms with van der Waals surface area (Å²) in [7, 11) is 2.08. The van der Waals surface area contributed by atoms with E-state index >= 15 is 0 Å². The Morgan fingerprint density at radius 2 is 1.95 bits per heavy atom. The summed E-state index contributed by atoms with van der Waals surface area (Å²) in [5.74, 6) is -3.54. The Balaban J connectivity index is 1.81. The van der Waals surface area contributed by atoms with E-state index in [1.165, 1.54) is 12.8 Å². The number of hydrogen-bond acceptors (Lipinski definition) is 2. The molecule has 2 aliphatic carbocycles. The van der Waals surface area contributed by atoms with Crippen LogP contribution in [0.3, 0.4) is 0 Å². The zero-order valence-electron chi connectivity index (χ0n) is 11.8. The molecule has 5 heteroatoms. The van der Waals surface area contributed by atoms with Gasteiger partial charge in [0.2, 0.25) is 5.91 Å². The third-order valence-corrected chi connectivity index (χ3v) is 4.82. The lowest BCUT2D eigenvalue weighted by atomic mass is 9.95. The molecule has 19 heavy (non-hydrogen) atoms. The summed E-state index contributed by atoms with van der Waals surface area (Å²) in [6.07, 6.45) is 4.37. The highest BCUT2D eigenvalue weighted by Crippen LogP contribution is 2.50. The summed E-state index contributed by atoms with van der Waals surface area (Å²) >= 11 is 0. The second-order valence-corrected chi connectivity index (χ2v) is 6.09. The molecule has 0 spiro atoms. The van der Waals surface area contributed by atoms with E-state index in [0.29, 0.717) is 6.54 Å². The van der Waals surface area contributed by atoms with E-state index in [2.05, 4.69) is 24.2 Å². The molecule has 0 saturated heterocycles. The lowest BCUT2D eigenvalue weighted by Gasteiger charge is -2.38. The number of hydrogen-bond donors (Lipinski definition) is 1. The molecule has 1 atom stereocenters. The van der Waals surface area contributed by atoms with Crippen LogP contribution in [-0.2, 0) is 4.79 Å². The second-order valence-electron chi connectivity index (χ2n) is 6.09. The minimum atomic E-state index is -2.59. The van der Waals surface area contributed by atoms with Crippen LogP contribution in [0.25, 0.3) is 0 Å². The summed E-state index contributed by atoms with van der Waals surface area (Å²) in [5.41, 5.74) is 0.0382. The first-order chi connectivity index (χ1) is 8.89. The molecule has 1 N–H and O–H groups in total. The highest BCUT2D eigenvalue weighted by atomic mass is 19.3. The van der Waals surface area contributed by atoms with Gasteiger partial charge in [0, 0.05) is 30.8 Å². The molecule has 2 rings (SSSR count). The number of nitrogens with zero attached hydrogens (tertiary/aromatic N) is 1. The van der Waals surface area contributed by atoms with Crippen molar-refractivity contribution in [2.75, 3.05) is 20.1 Å². The largest absolute Gasteiger partial charge is 0.354 e. The molecule has 0 unspecified atom stereocenters. The molecule has 0 aromatic rings. The molecule has 0 radical (unpaired) electrons. The molecule has 2 fully saturated rings. The lowest BCUT2D eigenvalue weighted by molar-refractivity contribution is -0.122. The van der Waals surface area contributed by atoms with Crippen LogP contribution in [0.5, 0.6) is 0 Å². The van der Waals surface area contributed by atoms with Crippen molar-refractivity contribution in [2.24, 2.45) is 5.92 Å². The number of amides is 1. The van der Waals surface area contributed by atoms with Crippen LogP contribution in [0.2, 0.25) is 0 Å². The van der Waals surface area contributed by atoms with Crippen LogP contribution in [-0.4, -0.2) is 42.4 Å². The Bertz CT molecular complexity index is 340. The predicted octanol–water partition coefficient (Wildman–Crippen LogP) is 2.41. The maximum Gasteiger partial charge on any atom is 0.252 e. The number of rotatable bonds is 6. The Kier molecular flexibility index (Phi) is 4.14. The molecule has 110 valence electrons. The molecular formula is C14H24F2N2O. The third-order valence-electron chi connectivity index (χ3n) is 4.82. The van der Waals surface area contributed by atoms with Crippen molar-refractivity contribution in [3.63, 3.8) is 0 Å². The molecule has 3 nitrogen and oxygen atoms in total. The molecule has 0 aromatic carbocycles. The molecular weight excluding hydrogens is 250 g/mol. The van der Waals surface area contributed by atoms with Crippen LogP contribution in [0, 0.1) is 5.92 Å². The number of nitrogens with one attached hydrogen (secondary N) is 1. The van der Waals surface area contributed by atoms with Gasteiger partial charge in [0.05, 0.1) is 0 Å². The van der Waals surface area contributed by atoms with E-state index in [1.54, 1.807) is 0 Å². The van der Waals surface area contributed by atoms with Crippen LogP contribution >= 0.6 is 0 Å². The summed E-state index contributed by atoms with van der Waals surface area (Å²) in [5, 5.41) is 2.88. The quantitative estimate of drug-likeness (QED) is 0.806. The number of likely N-dealkylation sites (N-methyl/N-ethyl adjacent to an activating group) is 1. The molecule has 2 aliphatic rings. The second kappa shape index (κ2) is 5.35. The van der Waals surface area contributed by atoms with Crippen LogP contribution < -0.4 is 5.32 Å². The van der Waals surface area contributed by atoms with Crippen molar-refractivity contribution in [2.45, 2.75) is 56.9 Å². The van der Waals surface area contributed by atoms with Gasteiger partial charge in [-0.05, 0) is 26.4 Å². The van der Waals surface area contributed by atoms with E-state index in [4.69, 9.17) is 0 Å². The Morgan fingerprint density at radius 3 is 2.42 bits per heavy atom. The first-order valence-corrected chi connectivity index (χ1v) is 7.25. The number of alkyl halides is 2. The number of carbonyl (C=O) groups is 1. The summed E-state index contributed by atoms with van der Waals surface area (Å²) in [6, 6.07) is 0. The van der Waals surface area contributed by atoms with E-state index in [0.717, 1.165) is 19.4 Å². The van der Waals surface area contributed by atoms with Gasteiger partial charge in [-0.15, -0.1) is 0 Å². The molecule has 0 aliphatic heterocycles. The summed E-state index contributed by atoms with van der Waals surface area (Å²) in [4.78, 5) is 14.0. The van der Waals surface area contributed by atoms with Crippen LogP contribution in [0.1, 0.15) is 45.4 Å². The van der Waals surface area contributed by atoms with Crippen LogP contribution in [0.15, 0.2) is 0 Å². The number of carbonyl (C=O) groups excluding carboxylic acids is 1. The summed E-state index contributed by atoms with van der Waals surface area (Å²) in [6.45, 7) is 3.64. The lowest BCUT2D eigenvalue weighted by Crippen LogP contribution is -2.52. The third kappa shape index (κ3) is 3.25. The van der Waals surface area contributed by atoms with Gasteiger partial charge in [-0.2, -0.15) is 0 Å². The van der Waals surface area contributed by atoms with Gasteiger partial charge in [-0.25, -0.2) is 8.78 Å². The SMILES string of the molecule is CCN(C)C1(CNC(=O)C[C@@H]2CC2(F)F)CCCC1. The van der Waals surface area contributed by atoms with Crippen molar-refractivity contribution in [1.82, 2.24) is 10.2 Å². The van der Waals surface area contributed by atoms with Crippen molar-refractivity contribution in [3.05, 3.63) is 0 Å². The van der Waals surface area contributed by atoms with Crippen molar-refractivity contribution < 1.29 is 13.6 Å². The topological polar surface area (TPSA) is 32.3 Å². The monoisotopic (exact) mass is 274 g/mol. The first-order valence-electron chi connectivity index (χ1n) is 7.25. The smallest absolute Gasteiger partial charge is 0.252 e. The predicted molar refractivity (Wildman–Crippen MR) is 70.2 cm³/mol. The Hall–Kier alpha value is -0.710. The average Bonchev–Trinajstić information content (AvgIpc) is 2.82. The van der Waals surface area contributed by atoms with E-state index < -0.39 is 11.8 Å². The fraction of sp³-hybridized carbons (Fsp3) is 0.929. The molecule has 0 bridgehead atoms. The van der Waals surface area contributed by atoms with Crippen molar-refractivity contribution in [3.8, 4) is 0 Å². The van der Waals surface area contributed by atoms with Gasteiger partial charge in [0.1, 0.15) is 0 Å². The normalized spacial score (nSPS) is 27.5. The zero-order chi connectivity index (χ0) is 14.1. The van der Waals surface area contributed by atoms with Crippen molar-refractivity contribution in [1.29, 1.82) is 0 Å². The van der Waals surface area contributed by atoms with Gasteiger partial charge >= 0.3 is 0 Å². The minimum Gasteiger partial charge on any atom is -0.354 e. The zero-order valence-corrected chi connectivity index (χ0v) is 11.8. The van der Waals surface area contributed by atoms with Gasteiger partial charge in [-0.3, -0.25) is 9.69 Å². The number of halogens is 2. The van der Waals surface area contributed by atoms with E-state index in [-0.39, 0.29) is 24.3 Å². The maximum absolute atomic E-state index is 12.8. The maximum atomic E-state index is 12.8. The molecule has 2 saturated carbocycles. The van der Waals surface area contributed by atoms with E-state index in [9.17, 15) is 13.6 Å².